The van der Waals surface area contributed by atoms with Gasteiger partial charge in [-0.3, -0.25) is 4.79 Å². The third-order valence-electron chi connectivity index (χ3n) is 3.88. The van der Waals surface area contributed by atoms with E-state index in [1.54, 1.807) is 0 Å². The van der Waals surface area contributed by atoms with E-state index in [0.717, 1.165) is 30.3 Å². The van der Waals surface area contributed by atoms with Crippen LogP contribution in [0.25, 0.3) is 10.9 Å². The molecule has 1 aromatic heterocycles. The van der Waals surface area contributed by atoms with Crippen LogP contribution in [0, 0.1) is 0 Å². The van der Waals surface area contributed by atoms with E-state index in [9.17, 15) is 4.79 Å². The van der Waals surface area contributed by atoms with Crippen LogP contribution in [0.3, 0.4) is 0 Å². The second-order valence-corrected chi connectivity index (χ2v) is 5.23. The molecule has 19 heavy (non-hydrogen) atoms. The van der Waals surface area contributed by atoms with Gasteiger partial charge < -0.3 is 4.90 Å². The highest BCUT2D eigenvalue weighted by molar-refractivity contribution is 5.95. The fourth-order valence-electron chi connectivity index (χ4n) is 2.73. The zero-order valence-corrected chi connectivity index (χ0v) is 11.2. The second-order valence-electron chi connectivity index (χ2n) is 5.23. The number of hydrogen-bond acceptors (Lipinski definition) is 2. The van der Waals surface area contributed by atoms with E-state index in [-0.39, 0.29) is 5.91 Å². The normalized spacial score (nSPS) is 19.6. The summed E-state index contributed by atoms with van der Waals surface area (Å²) in [6.45, 7) is 2.98. The molecule has 1 fully saturated rings. The summed E-state index contributed by atoms with van der Waals surface area (Å²) in [6.07, 6.45) is 3.42. The molecule has 2 aromatic rings. The molecule has 0 saturated carbocycles. The van der Waals surface area contributed by atoms with Crippen molar-refractivity contribution >= 4 is 16.8 Å². The van der Waals surface area contributed by atoms with Crippen molar-refractivity contribution in [3.05, 3.63) is 42.1 Å². The number of rotatable bonds is 1. The smallest absolute Gasteiger partial charge is 0.272 e. The molecule has 1 atom stereocenters. The maximum absolute atomic E-state index is 12.5. The molecule has 1 aromatic carbocycles. The Kier molecular flexibility index (Phi) is 3.20. The molecule has 0 radical (unpaired) electrons. The molecule has 0 aliphatic carbocycles. The Balaban J connectivity index is 1.92. The Morgan fingerprint density at radius 1 is 1.21 bits per heavy atom. The Bertz CT molecular complexity index is 608. The van der Waals surface area contributed by atoms with E-state index in [1.807, 2.05) is 41.3 Å². The van der Waals surface area contributed by atoms with Crippen LogP contribution in [0.5, 0.6) is 0 Å². The number of pyridine rings is 1. The van der Waals surface area contributed by atoms with Crippen LogP contribution in [0.15, 0.2) is 36.4 Å². The monoisotopic (exact) mass is 254 g/mol. The third-order valence-corrected chi connectivity index (χ3v) is 3.88. The van der Waals surface area contributed by atoms with Gasteiger partial charge in [0.1, 0.15) is 5.69 Å². The van der Waals surface area contributed by atoms with E-state index in [2.05, 4.69) is 11.9 Å². The molecule has 2 heterocycles. The zero-order valence-electron chi connectivity index (χ0n) is 11.2. The highest BCUT2D eigenvalue weighted by Gasteiger charge is 2.24. The maximum atomic E-state index is 12.5. The van der Waals surface area contributed by atoms with E-state index in [4.69, 9.17) is 0 Å². The average molecular weight is 254 g/mol. The molecular weight excluding hydrogens is 236 g/mol. The number of hydrogen-bond donors (Lipinski definition) is 0. The van der Waals surface area contributed by atoms with Crippen molar-refractivity contribution < 1.29 is 4.79 Å². The van der Waals surface area contributed by atoms with Crippen molar-refractivity contribution in [1.82, 2.24) is 9.88 Å². The minimum atomic E-state index is 0.0675. The van der Waals surface area contributed by atoms with Gasteiger partial charge in [0.2, 0.25) is 0 Å². The number of nitrogens with zero attached hydrogens (tertiary/aromatic N) is 2. The molecular formula is C16H18N2O. The Hall–Kier alpha value is -1.90. The van der Waals surface area contributed by atoms with Crippen molar-refractivity contribution in [2.45, 2.75) is 32.2 Å². The second kappa shape index (κ2) is 5.00. The summed E-state index contributed by atoms with van der Waals surface area (Å²) >= 11 is 0. The maximum Gasteiger partial charge on any atom is 0.272 e. The molecule has 3 nitrogen and oxygen atoms in total. The predicted octanol–water partition coefficient (Wildman–Crippen LogP) is 3.25. The number of amides is 1. The van der Waals surface area contributed by atoms with Gasteiger partial charge in [-0.25, -0.2) is 4.98 Å². The van der Waals surface area contributed by atoms with E-state index in [1.165, 1.54) is 6.42 Å². The summed E-state index contributed by atoms with van der Waals surface area (Å²) < 4.78 is 0. The lowest BCUT2D eigenvalue weighted by atomic mass is 10.0. The van der Waals surface area contributed by atoms with Crippen LogP contribution >= 0.6 is 0 Å². The lowest BCUT2D eigenvalue weighted by Crippen LogP contribution is -2.42. The molecule has 0 bridgehead atoms. The first-order chi connectivity index (χ1) is 9.25. The van der Waals surface area contributed by atoms with E-state index < -0.39 is 0 Å². The number of aromatic nitrogens is 1. The molecule has 0 N–H and O–H groups in total. The van der Waals surface area contributed by atoms with E-state index in [0.29, 0.717) is 11.7 Å². The number of benzene rings is 1. The van der Waals surface area contributed by atoms with Gasteiger partial charge in [0.05, 0.1) is 5.52 Å². The quantitative estimate of drug-likeness (QED) is 0.782. The number of carbonyl (C=O) groups excluding carboxylic acids is 1. The predicted molar refractivity (Wildman–Crippen MR) is 76.1 cm³/mol. The highest BCUT2D eigenvalue weighted by atomic mass is 16.2. The topological polar surface area (TPSA) is 33.2 Å². The standard InChI is InChI=1S/C16H18N2O/c1-12-6-4-5-11-18(12)16(19)15-10-9-13-7-2-3-8-14(13)17-15/h2-3,7-10,12H,4-6,11H2,1H3/t12-/m0/s1. The van der Waals surface area contributed by atoms with Crippen molar-refractivity contribution in [3.8, 4) is 0 Å². The van der Waals surface area contributed by atoms with Crippen molar-refractivity contribution in [2.24, 2.45) is 0 Å². The molecule has 3 heteroatoms. The van der Waals surface area contributed by atoms with Gasteiger partial charge in [-0.2, -0.15) is 0 Å². The first-order valence-electron chi connectivity index (χ1n) is 6.92. The number of piperidine rings is 1. The number of carbonyl (C=O) groups is 1. The fraction of sp³-hybridized carbons (Fsp3) is 0.375. The van der Waals surface area contributed by atoms with Gasteiger partial charge in [-0.1, -0.05) is 24.3 Å². The number of likely N-dealkylation sites (tertiary alicyclic amines) is 1. The fourth-order valence-corrected chi connectivity index (χ4v) is 2.73. The molecule has 1 amide bonds. The molecule has 0 unspecified atom stereocenters. The minimum absolute atomic E-state index is 0.0675. The van der Waals surface area contributed by atoms with Crippen LogP contribution in [0.1, 0.15) is 36.7 Å². The molecule has 1 aliphatic rings. The van der Waals surface area contributed by atoms with Gasteiger partial charge >= 0.3 is 0 Å². The van der Waals surface area contributed by atoms with Gasteiger partial charge in [0.15, 0.2) is 0 Å². The summed E-state index contributed by atoms with van der Waals surface area (Å²) in [6, 6.07) is 12.0. The molecule has 3 rings (SSSR count). The lowest BCUT2D eigenvalue weighted by molar-refractivity contribution is 0.0630. The number of fused-ring (bicyclic) bond motifs is 1. The van der Waals surface area contributed by atoms with Crippen molar-refractivity contribution in [3.63, 3.8) is 0 Å². The minimum Gasteiger partial charge on any atom is -0.335 e. The first-order valence-corrected chi connectivity index (χ1v) is 6.92. The van der Waals surface area contributed by atoms with Crippen molar-refractivity contribution in [1.29, 1.82) is 0 Å². The number of para-hydroxylation sites is 1. The van der Waals surface area contributed by atoms with Crippen LogP contribution in [-0.4, -0.2) is 28.4 Å². The third kappa shape index (κ3) is 2.33. The Morgan fingerprint density at radius 3 is 2.89 bits per heavy atom. The highest BCUT2D eigenvalue weighted by Crippen LogP contribution is 2.20. The van der Waals surface area contributed by atoms with E-state index >= 15 is 0 Å². The van der Waals surface area contributed by atoms with Crippen LogP contribution in [0.2, 0.25) is 0 Å². The van der Waals surface area contributed by atoms with Crippen LogP contribution < -0.4 is 0 Å². The summed E-state index contributed by atoms with van der Waals surface area (Å²) in [5.41, 5.74) is 1.45. The first kappa shape index (κ1) is 12.2. The molecule has 1 saturated heterocycles. The molecule has 0 spiro atoms. The summed E-state index contributed by atoms with van der Waals surface area (Å²) in [5, 5.41) is 1.07. The van der Waals surface area contributed by atoms with Crippen LogP contribution in [-0.2, 0) is 0 Å². The zero-order chi connectivity index (χ0) is 13.2. The molecule has 1 aliphatic heterocycles. The Morgan fingerprint density at radius 2 is 2.05 bits per heavy atom. The van der Waals surface area contributed by atoms with Gasteiger partial charge in [0.25, 0.3) is 5.91 Å². The summed E-state index contributed by atoms with van der Waals surface area (Å²) in [5.74, 6) is 0.0675. The van der Waals surface area contributed by atoms with Gasteiger partial charge in [-0.15, -0.1) is 0 Å². The lowest BCUT2D eigenvalue weighted by Gasteiger charge is -2.33. The van der Waals surface area contributed by atoms with Crippen molar-refractivity contribution in [2.75, 3.05) is 6.54 Å². The average Bonchev–Trinajstić information content (AvgIpc) is 2.46. The van der Waals surface area contributed by atoms with Crippen LogP contribution in [0.4, 0.5) is 0 Å². The largest absolute Gasteiger partial charge is 0.335 e. The summed E-state index contributed by atoms with van der Waals surface area (Å²) in [4.78, 5) is 19.0. The molecule has 98 valence electrons. The van der Waals surface area contributed by atoms with Gasteiger partial charge in [0, 0.05) is 18.0 Å². The SMILES string of the molecule is C[C@H]1CCCCN1C(=O)c1ccc2ccccc2n1. The summed E-state index contributed by atoms with van der Waals surface area (Å²) in [7, 11) is 0. The van der Waals surface area contributed by atoms with Gasteiger partial charge in [-0.05, 0) is 38.3 Å². The Labute approximate surface area is 113 Å².